The standard InChI is InChI=1S/C48H24N4S2/c1-2-10-26-25(9-1)19-20-28-27(26)13-7-14-30(28)44-47-45(32-12-4-6-18-37(32)54-47)50-48(49-44)52-35-17-8-16-34-40(35)41-36(52)22-24-38-42(41)43-39(53-38)23-21-31-29-11-3-5-15-33(29)51(34)46(31)43/h1-24H. The molecule has 0 radical (unpaired) electrons. The number of hydrogen-bond donors (Lipinski definition) is 0. The highest BCUT2D eigenvalue weighted by molar-refractivity contribution is 7.26. The first-order chi connectivity index (χ1) is 26.8. The molecule has 0 N–H and O–H groups in total. The van der Waals surface area contributed by atoms with Gasteiger partial charge in [0.25, 0.3) is 0 Å². The van der Waals surface area contributed by atoms with Crippen molar-refractivity contribution in [2.24, 2.45) is 0 Å². The molecule has 0 saturated heterocycles. The molecule has 248 valence electrons. The van der Waals surface area contributed by atoms with Crippen LogP contribution in [0.25, 0.3) is 128 Å². The fraction of sp³-hybridized carbons (Fsp3) is 0. The summed E-state index contributed by atoms with van der Waals surface area (Å²) in [4.78, 5) is 11.2. The second kappa shape index (κ2) is 9.68. The van der Waals surface area contributed by atoms with Crippen molar-refractivity contribution in [1.82, 2.24) is 18.9 Å². The monoisotopic (exact) mass is 720 g/mol. The summed E-state index contributed by atoms with van der Waals surface area (Å²) in [5.74, 6) is 0.693. The predicted molar refractivity (Wildman–Crippen MR) is 231 cm³/mol. The molecular formula is C48H24N4S2. The van der Waals surface area contributed by atoms with Gasteiger partial charge in [0.1, 0.15) is 0 Å². The van der Waals surface area contributed by atoms with E-state index in [1.54, 1.807) is 11.3 Å². The van der Waals surface area contributed by atoms with E-state index >= 15 is 0 Å². The Labute approximate surface area is 314 Å². The molecule has 0 fully saturated rings. The van der Waals surface area contributed by atoms with E-state index in [9.17, 15) is 0 Å². The summed E-state index contributed by atoms with van der Waals surface area (Å²) in [6.45, 7) is 0. The van der Waals surface area contributed by atoms with E-state index in [0.29, 0.717) is 5.95 Å². The zero-order chi connectivity index (χ0) is 34.8. The number of rotatable bonds is 2. The number of benzene rings is 8. The van der Waals surface area contributed by atoms with Crippen molar-refractivity contribution in [2.75, 3.05) is 0 Å². The Morgan fingerprint density at radius 1 is 0.407 bits per heavy atom. The topological polar surface area (TPSA) is 35.1 Å². The fourth-order valence-electron chi connectivity index (χ4n) is 9.69. The number of para-hydroxylation sites is 1. The van der Waals surface area contributed by atoms with Crippen LogP contribution in [0.5, 0.6) is 0 Å². The van der Waals surface area contributed by atoms with Crippen LogP contribution >= 0.6 is 22.7 Å². The number of fused-ring (bicyclic) bond motifs is 10. The lowest BCUT2D eigenvalue weighted by molar-refractivity contribution is 1.02. The van der Waals surface area contributed by atoms with Crippen LogP contribution in [-0.2, 0) is 0 Å². The van der Waals surface area contributed by atoms with Crippen molar-refractivity contribution in [1.29, 1.82) is 0 Å². The summed E-state index contributed by atoms with van der Waals surface area (Å²) in [7, 11) is 0. The lowest BCUT2D eigenvalue weighted by atomic mass is 9.97. The van der Waals surface area contributed by atoms with Gasteiger partial charge < -0.3 is 4.40 Å². The van der Waals surface area contributed by atoms with Crippen LogP contribution in [0.3, 0.4) is 0 Å². The van der Waals surface area contributed by atoms with Crippen LogP contribution < -0.4 is 0 Å². The average Bonchev–Trinajstić information content (AvgIpc) is 3.95. The van der Waals surface area contributed by atoms with Crippen LogP contribution in [0.2, 0.25) is 0 Å². The molecule has 14 rings (SSSR count). The number of hydrogen-bond acceptors (Lipinski definition) is 4. The van der Waals surface area contributed by atoms with Gasteiger partial charge in [-0.05, 0) is 64.0 Å². The highest BCUT2D eigenvalue weighted by atomic mass is 32.1. The molecule has 14 aromatic rings. The molecule has 0 unspecified atom stereocenters. The van der Waals surface area contributed by atoms with Crippen LogP contribution in [0.1, 0.15) is 0 Å². The van der Waals surface area contributed by atoms with Crippen molar-refractivity contribution in [3.63, 3.8) is 0 Å². The summed E-state index contributed by atoms with van der Waals surface area (Å²) in [5.41, 5.74) is 9.06. The van der Waals surface area contributed by atoms with Gasteiger partial charge in [-0.15, -0.1) is 22.7 Å². The highest BCUT2D eigenvalue weighted by Crippen LogP contribution is 2.50. The molecule has 0 atom stereocenters. The summed E-state index contributed by atoms with van der Waals surface area (Å²) >= 11 is 3.68. The maximum Gasteiger partial charge on any atom is 0.235 e. The Bertz CT molecular complexity index is 3910. The Hall–Kier alpha value is -6.60. The lowest BCUT2D eigenvalue weighted by Gasteiger charge is -2.13. The first kappa shape index (κ1) is 28.0. The van der Waals surface area contributed by atoms with Gasteiger partial charge >= 0.3 is 0 Å². The fourth-order valence-corrected chi connectivity index (χ4v) is 12.0. The van der Waals surface area contributed by atoms with Crippen molar-refractivity contribution in [2.45, 2.75) is 0 Å². The van der Waals surface area contributed by atoms with Gasteiger partial charge in [0.05, 0.1) is 43.5 Å². The Morgan fingerprint density at radius 3 is 2.09 bits per heavy atom. The van der Waals surface area contributed by atoms with Crippen LogP contribution in [0, 0.1) is 0 Å². The molecule has 0 aliphatic rings. The van der Waals surface area contributed by atoms with Crippen molar-refractivity contribution >= 4 is 134 Å². The summed E-state index contributed by atoms with van der Waals surface area (Å²) in [6.07, 6.45) is 0. The smallest absolute Gasteiger partial charge is 0.235 e. The second-order valence-corrected chi connectivity index (χ2v) is 16.6. The first-order valence-electron chi connectivity index (χ1n) is 18.3. The van der Waals surface area contributed by atoms with E-state index in [2.05, 4.69) is 155 Å². The Balaban J connectivity index is 1.18. The van der Waals surface area contributed by atoms with Crippen LogP contribution in [0.15, 0.2) is 146 Å². The van der Waals surface area contributed by atoms with Gasteiger partial charge in [-0.2, -0.15) is 0 Å². The van der Waals surface area contributed by atoms with Gasteiger partial charge in [-0.1, -0.05) is 103 Å². The summed E-state index contributed by atoms with van der Waals surface area (Å²) < 4.78 is 9.81. The molecule has 0 saturated carbocycles. The maximum absolute atomic E-state index is 5.65. The van der Waals surface area contributed by atoms with Crippen molar-refractivity contribution in [3.05, 3.63) is 146 Å². The minimum Gasteiger partial charge on any atom is -0.308 e. The molecule has 0 amide bonds. The second-order valence-electron chi connectivity index (χ2n) is 14.5. The zero-order valence-corrected chi connectivity index (χ0v) is 30.1. The SMILES string of the molecule is c1ccc2c(c1)ccc1c(-c3nc(-n4c5ccc6sc7ccc8c9ccccc9n9c%10cccc4c%10c5c6c7c89)nc4c3sc3ccccc34)cccc12. The quantitative estimate of drug-likeness (QED) is 0.167. The third-order valence-corrected chi connectivity index (χ3v) is 14.1. The highest BCUT2D eigenvalue weighted by Gasteiger charge is 2.27. The van der Waals surface area contributed by atoms with Gasteiger partial charge in [0.2, 0.25) is 5.95 Å². The van der Waals surface area contributed by atoms with Gasteiger partial charge in [-0.25, -0.2) is 9.97 Å². The van der Waals surface area contributed by atoms with Gasteiger partial charge in [-0.3, -0.25) is 4.57 Å². The van der Waals surface area contributed by atoms with Crippen molar-refractivity contribution < 1.29 is 0 Å². The Kier molecular flexibility index (Phi) is 5.01. The zero-order valence-electron chi connectivity index (χ0n) is 28.5. The van der Waals surface area contributed by atoms with Crippen molar-refractivity contribution in [3.8, 4) is 17.2 Å². The Morgan fingerprint density at radius 2 is 1.13 bits per heavy atom. The number of thiophene rings is 2. The molecule has 54 heavy (non-hydrogen) atoms. The van der Waals surface area contributed by atoms with Gasteiger partial charge in [0, 0.05) is 57.4 Å². The third-order valence-electron chi connectivity index (χ3n) is 11.9. The minimum atomic E-state index is 0.693. The molecule has 4 nitrogen and oxygen atoms in total. The molecule has 0 spiro atoms. The van der Waals surface area contributed by atoms with Crippen LogP contribution in [-0.4, -0.2) is 18.9 Å². The molecule has 6 heteroatoms. The van der Waals surface area contributed by atoms with E-state index in [1.807, 2.05) is 11.3 Å². The lowest BCUT2D eigenvalue weighted by Crippen LogP contribution is -2.03. The maximum atomic E-state index is 5.65. The van der Waals surface area contributed by atoms with E-state index in [1.165, 1.54) is 84.5 Å². The normalized spacial score (nSPS) is 12.8. The number of nitrogens with zero attached hydrogens (tertiary/aromatic N) is 4. The first-order valence-corrected chi connectivity index (χ1v) is 19.9. The molecule has 6 heterocycles. The van der Waals surface area contributed by atoms with Crippen LogP contribution in [0.4, 0.5) is 0 Å². The van der Waals surface area contributed by atoms with E-state index in [-0.39, 0.29) is 0 Å². The van der Waals surface area contributed by atoms with Gasteiger partial charge in [0.15, 0.2) is 0 Å². The largest absolute Gasteiger partial charge is 0.308 e. The average molecular weight is 721 g/mol. The molecular weight excluding hydrogens is 697 g/mol. The summed E-state index contributed by atoms with van der Waals surface area (Å²) in [5, 5.41) is 13.9. The molecule has 0 bridgehead atoms. The molecule has 6 aromatic heterocycles. The van der Waals surface area contributed by atoms with E-state index in [0.717, 1.165) is 37.9 Å². The molecule has 0 aliphatic carbocycles. The number of aromatic nitrogens is 4. The molecule has 8 aromatic carbocycles. The van der Waals surface area contributed by atoms with E-state index in [4.69, 9.17) is 9.97 Å². The summed E-state index contributed by atoms with van der Waals surface area (Å²) in [6, 6.07) is 53.4. The predicted octanol–water partition coefficient (Wildman–Crippen LogP) is 13.7. The third kappa shape index (κ3) is 3.27. The van der Waals surface area contributed by atoms with E-state index < -0.39 is 0 Å². The molecule has 0 aliphatic heterocycles. The minimum absolute atomic E-state index is 0.693.